The van der Waals surface area contributed by atoms with Gasteiger partial charge in [0.2, 0.25) is 5.91 Å². The Balaban J connectivity index is 2.80. The van der Waals surface area contributed by atoms with Crippen molar-refractivity contribution in [2.24, 2.45) is 0 Å². The van der Waals surface area contributed by atoms with E-state index >= 15 is 0 Å². The largest absolute Gasteiger partial charge is 0.324 e. The molecule has 1 N–H and O–H groups in total. The first kappa shape index (κ1) is 16.5. The Morgan fingerprint density at radius 3 is 2.58 bits per heavy atom. The predicted octanol–water partition coefficient (Wildman–Crippen LogP) is 3.55. The number of amides is 1. The van der Waals surface area contributed by atoms with Crippen LogP contribution in [0.25, 0.3) is 0 Å². The van der Waals surface area contributed by atoms with Crippen molar-refractivity contribution in [1.29, 1.82) is 0 Å². The average Bonchev–Trinajstić information content (AvgIpc) is 2.25. The normalized spacial score (nSPS) is 13.1. The molecular weight excluding hydrogens is 302 g/mol. The summed E-state index contributed by atoms with van der Waals surface area (Å²) >= 11 is 7.57. The molecule has 0 saturated carbocycles. The molecule has 0 radical (unpaired) electrons. The maximum absolute atomic E-state index is 11.9. The lowest BCUT2D eigenvalue weighted by Gasteiger charge is -2.17. The monoisotopic (exact) mass is 319 g/mol. The molecular formula is C13H18ClNO2S2. The fraction of sp³-hybridized carbons (Fsp3) is 0.462. The number of halogens is 1. The van der Waals surface area contributed by atoms with Crippen molar-refractivity contribution in [2.45, 2.75) is 30.4 Å². The molecule has 1 atom stereocenters. The van der Waals surface area contributed by atoms with Gasteiger partial charge < -0.3 is 5.32 Å². The molecule has 3 nitrogen and oxygen atoms in total. The van der Waals surface area contributed by atoms with Crippen LogP contribution < -0.4 is 5.32 Å². The van der Waals surface area contributed by atoms with E-state index in [0.29, 0.717) is 21.4 Å². The van der Waals surface area contributed by atoms with Crippen molar-refractivity contribution in [1.82, 2.24) is 0 Å². The summed E-state index contributed by atoms with van der Waals surface area (Å²) in [6.07, 6.45) is 1.54. The Kier molecular flexibility index (Phi) is 5.89. The van der Waals surface area contributed by atoms with Gasteiger partial charge in [-0.15, -0.1) is 11.8 Å². The van der Waals surface area contributed by atoms with E-state index in [1.54, 1.807) is 36.2 Å². The number of anilines is 1. The molecule has 1 unspecified atom stereocenters. The number of nitrogens with one attached hydrogen (secondary N) is 1. The highest BCUT2D eigenvalue weighted by molar-refractivity contribution is 8.01. The number of rotatable bonds is 4. The van der Waals surface area contributed by atoms with Gasteiger partial charge in [0.25, 0.3) is 0 Å². The second-order valence-corrected chi connectivity index (χ2v) is 8.55. The second kappa shape index (κ2) is 6.77. The van der Waals surface area contributed by atoms with E-state index in [-0.39, 0.29) is 10.7 Å². The number of benzene rings is 1. The Hall–Kier alpha value is -0.520. The van der Waals surface area contributed by atoms with Crippen LogP contribution in [0, 0.1) is 0 Å². The lowest BCUT2D eigenvalue weighted by atomic mass is 10.3. The molecule has 0 spiro atoms. The van der Waals surface area contributed by atoms with E-state index in [4.69, 9.17) is 11.6 Å². The maximum Gasteiger partial charge on any atom is 0.234 e. The number of thioether (sulfide) groups is 1. The molecule has 0 aromatic heterocycles. The van der Waals surface area contributed by atoms with E-state index in [0.717, 1.165) is 0 Å². The summed E-state index contributed by atoms with van der Waals surface area (Å²) in [6, 6.07) is 5.10. The molecule has 1 amide bonds. The van der Waals surface area contributed by atoms with Gasteiger partial charge in [-0.2, -0.15) is 0 Å². The van der Waals surface area contributed by atoms with Gasteiger partial charge in [-0.25, -0.2) is 0 Å². The second-order valence-electron chi connectivity index (χ2n) is 5.02. The molecule has 1 aromatic rings. The molecule has 6 heteroatoms. The lowest BCUT2D eigenvalue weighted by molar-refractivity contribution is -0.113. The third kappa shape index (κ3) is 5.55. The minimum atomic E-state index is -1.24. The van der Waals surface area contributed by atoms with Crippen LogP contribution in [0.15, 0.2) is 23.1 Å². The summed E-state index contributed by atoms with van der Waals surface area (Å²) in [4.78, 5) is 12.3. The summed E-state index contributed by atoms with van der Waals surface area (Å²) in [5.74, 6) is 0.236. The summed E-state index contributed by atoms with van der Waals surface area (Å²) < 4.78 is 11.7. The zero-order valence-corrected chi connectivity index (χ0v) is 13.8. The topological polar surface area (TPSA) is 46.2 Å². The number of hydrogen-bond acceptors (Lipinski definition) is 3. The first-order valence-electron chi connectivity index (χ1n) is 5.76. The molecule has 0 saturated heterocycles. The van der Waals surface area contributed by atoms with Gasteiger partial charge in [0.1, 0.15) is 0 Å². The molecule has 19 heavy (non-hydrogen) atoms. The molecule has 0 aliphatic rings. The van der Waals surface area contributed by atoms with Crippen LogP contribution in [0.2, 0.25) is 5.02 Å². The van der Waals surface area contributed by atoms with Crippen molar-refractivity contribution < 1.29 is 9.00 Å². The van der Waals surface area contributed by atoms with Crippen molar-refractivity contribution >= 4 is 45.8 Å². The molecule has 0 heterocycles. The molecule has 1 rings (SSSR count). The maximum atomic E-state index is 11.9. The van der Waals surface area contributed by atoms with Gasteiger partial charge in [-0.05, 0) is 12.1 Å². The van der Waals surface area contributed by atoms with E-state index < -0.39 is 10.8 Å². The minimum Gasteiger partial charge on any atom is -0.324 e. The van der Waals surface area contributed by atoms with E-state index in [1.807, 2.05) is 0 Å². The van der Waals surface area contributed by atoms with Crippen molar-refractivity contribution in [3.8, 4) is 0 Å². The Labute approximate surface area is 125 Å². The molecule has 0 aliphatic carbocycles. The fourth-order valence-electron chi connectivity index (χ4n) is 1.37. The van der Waals surface area contributed by atoms with Crippen LogP contribution in [-0.2, 0) is 15.6 Å². The Morgan fingerprint density at radius 2 is 2.05 bits per heavy atom. The van der Waals surface area contributed by atoms with Crippen LogP contribution in [0.4, 0.5) is 5.69 Å². The van der Waals surface area contributed by atoms with E-state index in [1.165, 1.54) is 0 Å². The first-order chi connectivity index (χ1) is 8.70. The molecule has 106 valence electrons. The van der Waals surface area contributed by atoms with Crippen LogP contribution in [0.5, 0.6) is 0 Å². The molecule has 1 aromatic carbocycles. The third-order valence-corrected chi connectivity index (χ3v) is 4.88. The predicted molar refractivity (Wildman–Crippen MR) is 84.6 cm³/mol. The van der Waals surface area contributed by atoms with Gasteiger partial charge >= 0.3 is 0 Å². The van der Waals surface area contributed by atoms with Crippen LogP contribution >= 0.6 is 23.4 Å². The van der Waals surface area contributed by atoms with Gasteiger partial charge in [0, 0.05) is 11.0 Å². The smallest absolute Gasteiger partial charge is 0.234 e. The lowest BCUT2D eigenvalue weighted by Crippen LogP contribution is -2.19. The average molecular weight is 320 g/mol. The van der Waals surface area contributed by atoms with Crippen LogP contribution in [-0.4, -0.2) is 26.9 Å². The summed E-state index contributed by atoms with van der Waals surface area (Å²) in [7, 11) is -1.24. The highest BCUT2D eigenvalue weighted by atomic mass is 35.5. The quantitative estimate of drug-likeness (QED) is 0.923. The van der Waals surface area contributed by atoms with Crippen LogP contribution in [0.1, 0.15) is 20.8 Å². The van der Waals surface area contributed by atoms with Gasteiger partial charge in [0.15, 0.2) is 0 Å². The zero-order valence-electron chi connectivity index (χ0n) is 11.5. The van der Waals surface area contributed by atoms with Gasteiger partial charge in [-0.1, -0.05) is 38.4 Å². The number of carbonyl (C=O) groups is 1. The van der Waals surface area contributed by atoms with Crippen molar-refractivity contribution in [3.05, 3.63) is 23.2 Å². The Bertz CT molecular complexity index is 498. The first-order valence-corrected chi connectivity index (χ1v) is 8.68. The SMILES string of the molecule is CS(=O)c1c(Cl)cccc1NC(=O)CSC(C)(C)C. The van der Waals surface area contributed by atoms with Crippen molar-refractivity contribution in [2.75, 3.05) is 17.3 Å². The van der Waals surface area contributed by atoms with E-state index in [2.05, 4.69) is 26.1 Å². The summed E-state index contributed by atoms with van der Waals surface area (Å²) in [5.41, 5.74) is 0.521. The van der Waals surface area contributed by atoms with Crippen LogP contribution in [0.3, 0.4) is 0 Å². The standard InChI is InChI=1S/C13H18ClNO2S2/c1-13(2,3)18-8-11(16)15-10-7-5-6-9(14)12(10)19(4)17/h5-7H,8H2,1-4H3,(H,15,16). The number of hydrogen-bond donors (Lipinski definition) is 1. The Morgan fingerprint density at radius 1 is 1.42 bits per heavy atom. The van der Waals surface area contributed by atoms with Gasteiger partial charge in [-0.3, -0.25) is 9.00 Å². The number of carbonyl (C=O) groups excluding carboxylic acids is 1. The molecule has 0 bridgehead atoms. The highest BCUT2D eigenvalue weighted by Crippen LogP contribution is 2.28. The van der Waals surface area contributed by atoms with Gasteiger partial charge in [0.05, 0.1) is 32.2 Å². The van der Waals surface area contributed by atoms with Crippen molar-refractivity contribution in [3.63, 3.8) is 0 Å². The third-order valence-electron chi connectivity index (χ3n) is 2.16. The zero-order chi connectivity index (χ0) is 14.6. The highest BCUT2D eigenvalue weighted by Gasteiger charge is 2.16. The summed E-state index contributed by atoms with van der Waals surface area (Å²) in [6.45, 7) is 6.16. The fourth-order valence-corrected chi connectivity index (χ4v) is 3.28. The molecule has 0 fully saturated rings. The summed E-state index contributed by atoms with van der Waals surface area (Å²) in [5, 5.41) is 3.17. The minimum absolute atomic E-state index is 0.0298. The van der Waals surface area contributed by atoms with E-state index in [9.17, 15) is 9.00 Å². The molecule has 0 aliphatic heterocycles.